The average molecular weight is 490 g/mol. The summed E-state index contributed by atoms with van der Waals surface area (Å²) in [5.74, 6) is 2.47. The lowest BCUT2D eigenvalue weighted by molar-refractivity contribution is 0.292. The Hall–Kier alpha value is -1.22. The molecular formula is C20H35IN4O2. The van der Waals surface area contributed by atoms with Gasteiger partial charge in [-0.25, -0.2) is 0 Å². The number of nitrogens with zero attached hydrogens (tertiary/aromatic N) is 3. The molecule has 0 spiro atoms. The van der Waals surface area contributed by atoms with Crippen LogP contribution in [0.5, 0.6) is 11.5 Å². The van der Waals surface area contributed by atoms with Gasteiger partial charge in [0.05, 0.1) is 20.3 Å². The molecular weight excluding hydrogens is 455 g/mol. The van der Waals surface area contributed by atoms with Crippen molar-refractivity contribution in [3.05, 3.63) is 23.8 Å². The minimum atomic E-state index is 0. The second kappa shape index (κ2) is 10.4. The molecule has 0 bridgehead atoms. The Labute approximate surface area is 181 Å². The molecule has 1 heterocycles. The van der Waals surface area contributed by atoms with Crippen molar-refractivity contribution in [1.82, 2.24) is 15.1 Å². The van der Waals surface area contributed by atoms with E-state index in [1.807, 2.05) is 19.2 Å². The lowest BCUT2D eigenvalue weighted by Crippen LogP contribution is -2.44. The van der Waals surface area contributed by atoms with E-state index in [0.717, 1.165) is 37.1 Å². The fourth-order valence-electron chi connectivity index (χ4n) is 3.47. The Balaban J connectivity index is 0.00000364. The number of ether oxygens (including phenoxy) is 2. The first-order valence-corrected chi connectivity index (χ1v) is 9.15. The van der Waals surface area contributed by atoms with E-state index in [9.17, 15) is 0 Å². The minimum Gasteiger partial charge on any atom is -0.493 e. The summed E-state index contributed by atoms with van der Waals surface area (Å²) in [5, 5.41) is 3.56. The van der Waals surface area contributed by atoms with Gasteiger partial charge in [0.25, 0.3) is 0 Å². The van der Waals surface area contributed by atoms with Crippen LogP contribution in [0.25, 0.3) is 0 Å². The third-order valence-corrected chi connectivity index (χ3v) is 5.06. The van der Waals surface area contributed by atoms with Crippen molar-refractivity contribution >= 4 is 29.9 Å². The summed E-state index contributed by atoms with van der Waals surface area (Å²) >= 11 is 0. The van der Waals surface area contributed by atoms with Crippen molar-refractivity contribution in [2.75, 3.05) is 55.0 Å². The highest BCUT2D eigenvalue weighted by Gasteiger charge is 2.31. The molecule has 154 valence electrons. The molecule has 7 heteroatoms. The van der Waals surface area contributed by atoms with Crippen LogP contribution < -0.4 is 14.8 Å². The number of benzene rings is 1. The fourth-order valence-corrected chi connectivity index (χ4v) is 3.47. The number of guanidine groups is 1. The predicted octanol–water partition coefficient (Wildman–Crippen LogP) is 3.23. The van der Waals surface area contributed by atoms with E-state index in [2.05, 4.69) is 54.1 Å². The zero-order chi connectivity index (χ0) is 19.3. The molecule has 1 unspecified atom stereocenters. The molecule has 1 aliphatic heterocycles. The van der Waals surface area contributed by atoms with Gasteiger partial charge in [-0.1, -0.05) is 19.9 Å². The molecule has 1 atom stereocenters. The summed E-state index contributed by atoms with van der Waals surface area (Å²) in [6.45, 7) is 7.48. The molecule has 0 saturated carbocycles. The summed E-state index contributed by atoms with van der Waals surface area (Å²) in [4.78, 5) is 9.04. The smallest absolute Gasteiger partial charge is 0.193 e. The number of nitrogens with one attached hydrogen (secondary N) is 1. The number of methoxy groups -OCH3 is 2. The minimum absolute atomic E-state index is 0. The highest BCUT2D eigenvalue weighted by atomic mass is 127. The second-order valence-corrected chi connectivity index (χ2v) is 7.86. The molecule has 0 radical (unpaired) electrons. The van der Waals surface area contributed by atoms with Crippen LogP contribution >= 0.6 is 24.0 Å². The SMILES string of the molecule is CN=C(NCC(c1ccc(OC)c(OC)c1)N(C)C)N1CCC(C)(C)C1.I. The van der Waals surface area contributed by atoms with Crippen LogP contribution in [-0.2, 0) is 0 Å². The van der Waals surface area contributed by atoms with Crippen molar-refractivity contribution in [3.8, 4) is 11.5 Å². The molecule has 1 aliphatic rings. The molecule has 1 N–H and O–H groups in total. The van der Waals surface area contributed by atoms with Gasteiger partial charge in [-0.15, -0.1) is 24.0 Å². The maximum absolute atomic E-state index is 5.46. The Kier molecular flexibility index (Phi) is 9.14. The zero-order valence-corrected chi connectivity index (χ0v) is 20.0. The summed E-state index contributed by atoms with van der Waals surface area (Å²) in [7, 11) is 9.36. The zero-order valence-electron chi connectivity index (χ0n) is 17.7. The van der Waals surface area contributed by atoms with Crippen LogP contribution in [0.4, 0.5) is 0 Å². The summed E-state index contributed by atoms with van der Waals surface area (Å²) in [6, 6.07) is 6.30. The number of likely N-dealkylation sites (N-methyl/N-ethyl adjacent to an activating group) is 1. The molecule has 1 aromatic rings. The first-order chi connectivity index (χ1) is 12.3. The largest absolute Gasteiger partial charge is 0.493 e. The van der Waals surface area contributed by atoms with Crippen LogP contribution in [0.1, 0.15) is 31.9 Å². The molecule has 0 aliphatic carbocycles. The summed E-state index contributed by atoms with van der Waals surface area (Å²) in [6.07, 6.45) is 1.19. The monoisotopic (exact) mass is 490 g/mol. The highest BCUT2D eigenvalue weighted by Crippen LogP contribution is 2.31. The Morgan fingerprint density at radius 1 is 1.26 bits per heavy atom. The van der Waals surface area contributed by atoms with Gasteiger partial charge < -0.3 is 24.6 Å². The van der Waals surface area contributed by atoms with E-state index in [4.69, 9.17) is 9.47 Å². The third-order valence-electron chi connectivity index (χ3n) is 5.06. The first-order valence-electron chi connectivity index (χ1n) is 9.15. The molecule has 2 rings (SSSR count). The Morgan fingerprint density at radius 2 is 1.93 bits per heavy atom. The Bertz CT molecular complexity index is 634. The van der Waals surface area contributed by atoms with Gasteiger partial charge in [0.1, 0.15) is 0 Å². The van der Waals surface area contributed by atoms with Crippen LogP contribution in [0.15, 0.2) is 23.2 Å². The lowest BCUT2D eigenvalue weighted by Gasteiger charge is -2.29. The number of aliphatic imine (C=N–C) groups is 1. The number of likely N-dealkylation sites (tertiary alicyclic amines) is 1. The van der Waals surface area contributed by atoms with E-state index < -0.39 is 0 Å². The predicted molar refractivity (Wildman–Crippen MR) is 123 cm³/mol. The molecule has 1 saturated heterocycles. The van der Waals surface area contributed by atoms with Crippen molar-refractivity contribution in [3.63, 3.8) is 0 Å². The first kappa shape index (κ1) is 23.8. The van der Waals surface area contributed by atoms with Gasteiger partial charge in [-0.2, -0.15) is 0 Å². The molecule has 0 aromatic heterocycles. The summed E-state index contributed by atoms with van der Waals surface area (Å²) in [5.41, 5.74) is 1.53. The van der Waals surface area contributed by atoms with Crippen LogP contribution in [0.2, 0.25) is 0 Å². The number of rotatable bonds is 6. The lowest BCUT2D eigenvalue weighted by atomic mass is 9.93. The highest BCUT2D eigenvalue weighted by molar-refractivity contribution is 14.0. The molecule has 27 heavy (non-hydrogen) atoms. The van der Waals surface area contributed by atoms with Crippen LogP contribution in [0, 0.1) is 5.41 Å². The number of hydrogen-bond donors (Lipinski definition) is 1. The number of halogens is 1. The maximum atomic E-state index is 5.46. The second-order valence-electron chi connectivity index (χ2n) is 7.86. The van der Waals surface area contributed by atoms with Crippen LogP contribution in [-0.4, -0.2) is 70.8 Å². The summed E-state index contributed by atoms with van der Waals surface area (Å²) < 4.78 is 10.8. The van der Waals surface area contributed by atoms with Gasteiger partial charge in [-0.3, -0.25) is 4.99 Å². The van der Waals surface area contributed by atoms with Gasteiger partial charge in [0.2, 0.25) is 0 Å². The Morgan fingerprint density at radius 3 is 2.41 bits per heavy atom. The molecule has 1 fully saturated rings. The molecule has 0 amide bonds. The van der Waals surface area contributed by atoms with E-state index in [1.54, 1.807) is 14.2 Å². The standard InChI is InChI=1S/C20H34N4O2.HI/c1-20(2)10-11-24(14-20)19(21-3)22-13-16(23(4)5)15-8-9-17(25-6)18(12-15)26-7;/h8-9,12,16H,10-11,13-14H2,1-7H3,(H,21,22);1H. The van der Waals surface area contributed by atoms with Crippen molar-refractivity contribution in [2.24, 2.45) is 10.4 Å². The topological polar surface area (TPSA) is 49.3 Å². The van der Waals surface area contributed by atoms with Gasteiger partial charge in [0.15, 0.2) is 17.5 Å². The maximum Gasteiger partial charge on any atom is 0.193 e. The molecule has 1 aromatic carbocycles. The van der Waals surface area contributed by atoms with Gasteiger partial charge in [0, 0.05) is 26.7 Å². The molecule has 6 nitrogen and oxygen atoms in total. The van der Waals surface area contributed by atoms with Crippen molar-refractivity contribution in [1.29, 1.82) is 0 Å². The average Bonchev–Trinajstić information content (AvgIpc) is 2.97. The number of hydrogen-bond acceptors (Lipinski definition) is 4. The van der Waals surface area contributed by atoms with Crippen LogP contribution in [0.3, 0.4) is 0 Å². The third kappa shape index (κ3) is 6.14. The van der Waals surface area contributed by atoms with E-state index in [0.29, 0.717) is 5.41 Å². The van der Waals surface area contributed by atoms with Gasteiger partial charge >= 0.3 is 0 Å². The van der Waals surface area contributed by atoms with E-state index in [1.165, 1.54) is 12.0 Å². The quantitative estimate of drug-likeness (QED) is 0.377. The van der Waals surface area contributed by atoms with Crippen molar-refractivity contribution in [2.45, 2.75) is 26.3 Å². The normalized spacial score (nSPS) is 17.5. The van der Waals surface area contributed by atoms with Crippen molar-refractivity contribution < 1.29 is 9.47 Å². The van der Waals surface area contributed by atoms with Gasteiger partial charge in [-0.05, 0) is 43.6 Å². The van der Waals surface area contributed by atoms with E-state index in [-0.39, 0.29) is 30.0 Å². The van der Waals surface area contributed by atoms with E-state index >= 15 is 0 Å². The fraction of sp³-hybridized carbons (Fsp3) is 0.650.